The summed E-state index contributed by atoms with van der Waals surface area (Å²) in [7, 11) is -3.29. The molecule has 0 spiro atoms. The molecule has 0 atom stereocenters. The summed E-state index contributed by atoms with van der Waals surface area (Å²) < 4.78 is 21.8. The summed E-state index contributed by atoms with van der Waals surface area (Å²) in [6, 6.07) is -0.592. The van der Waals surface area contributed by atoms with E-state index in [2.05, 4.69) is 10.6 Å². The Labute approximate surface area is 113 Å². The Morgan fingerprint density at radius 2 is 1.47 bits per heavy atom. The van der Waals surface area contributed by atoms with Gasteiger partial charge >= 0.3 is 12.0 Å². The molecule has 0 aromatic heterocycles. The van der Waals surface area contributed by atoms with Crippen LogP contribution in [0.5, 0.6) is 0 Å². The van der Waals surface area contributed by atoms with Gasteiger partial charge in [0, 0.05) is 19.3 Å². The minimum absolute atomic E-state index is 0.0481. The number of urea groups is 1. The van der Waals surface area contributed by atoms with Crippen molar-refractivity contribution in [2.75, 3.05) is 19.3 Å². The number of rotatable bonds is 6. The van der Waals surface area contributed by atoms with Gasteiger partial charge in [-0.2, -0.15) is 0 Å². The van der Waals surface area contributed by atoms with Crippen LogP contribution in [0.4, 0.5) is 4.79 Å². The minimum atomic E-state index is -3.29. The zero-order chi connectivity index (χ0) is 15.5. The van der Waals surface area contributed by atoms with Crippen molar-refractivity contribution in [1.29, 1.82) is 0 Å². The molecule has 0 saturated heterocycles. The summed E-state index contributed by atoms with van der Waals surface area (Å²) in [4.78, 5) is 22.3. The smallest absolute Gasteiger partial charge is 0.314 e. The predicted molar refractivity (Wildman–Crippen MR) is 71.7 cm³/mol. The van der Waals surface area contributed by atoms with E-state index in [0.29, 0.717) is 0 Å². The number of carboxylic acids is 1. The number of hydrogen-bond acceptors (Lipinski definition) is 4. The molecule has 0 rings (SSSR count). The van der Waals surface area contributed by atoms with E-state index < -0.39 is 32.0 Å². The van der Waals surface area contributed by atoms with Gasteiger partial charge < -0.3 is 15.7 Å². The zero-order valence-corrected chi connectivity index (χ0v) is 12.7. The maximum Gasteiger partial charge on any atom is 0.314 e. The quantitative estimate of drug-likeness (QED) is 0.648. The van der Waals surface area contributed by atoms with Crippen molar-refractivity contribution >= 4 is 21.8 Å². The third-order valence-electron chi connectivity index (χ3n) is 2.95. The first kappa shape index (κ1) is 17.7. The molecular formula is C11H22N2O5S. The van der Waals surface area contributed by atoms with Crippen molar-refractivity contribution in [3.8, 4) is 0 Å². The molecule has 0 unspecified atom stereocenters. The number of aliphatic carboxylic acids is 1. The van der Waals surface area contributed by atoms with Crippen LogP contribution in [0.2, 0.25) is 0 Å². The van der Waals surface area contributed by atoms with Crippen LogP contribution in [0.15, 0.2) is 0 Å². The maximum absolute atomic E-state index is 11.5. The fourth-order valence-corrected chi connectivity index (χ4v) is 1.20. The molecule has 0 aliphatic rings. The number of hydrogen-bond donors (Lipinski definition) is 3. The highest BCUT2D eigenvalue weighted by Gasteiger charge is 2.31. The lowest BCUT2D eigenvalue weighted by molar-refractivity contribution is -0.146. The molecule has 2 amide bonds. The summed E-state index contributed by atoms with van der Waals surface area (Å²) in [5.74, 6) is -1.02. The first-order chi connectivity index (χ1) is 8.29. The van der Waals surface area contributed by atoms with Gasteiger partial charge in [0.2, 0.25) is 0 Å². The van der Waals surface area contributed by atoms with E-state index in [0.717, 1.165) is 6.26 Å². The largest absolute Gasteiger partial charge is 0.481 e. The van der Waals surface area contributed by atoms with Crippen LogP contribution in [-0.2, 0) is 14.6 Å². The molecule has 0 saturated carbocycles. The van der Waals surface area contributed by atoms with Gasteiger partial charge in [0.15, 0.2) is 9.84 Å². The molecule has 19 heavy (non-hydrogen) atoms. The number of sulfone groups is 1. The lowest BCUT2D eigenvalue weighted by Crippen LogP contribution is -2.49. The van der Waals surface area contributed by atoms with E-state index in [4.69, 9.17) is 5.11 Å². The van der Waals surface area contributed by atoms with Crippen molar-refractivity contribution in [1.82, 2.24) is 10.6 Å². The fraction of sp³-hybridized carbons (Fsp3) is 0.818. The SMILES string of the molecule is CC(C)(CNC(=O)NCC(C)(C)S(C)(=O)=O)C(=O)O. The molecule has 0 aromatic rings. The molecule has 0 heterocycles. The zero-order valence-electron chi connectivity index (χ0n) is 11.9. The van der Waals surface area contributed by atoms with Crippen LogP contribution in [0, 0.1) is 5.41 Å². The molecule has 0 fully saturated rings. The van der Waals surface area contributed by atoms with Gasteiger partial charge in [0.1, 0.15) is 0 Å². The monoisotopic (exact) mass is 294 g/mol. The molecule has 0 aromatic carbocycles. The molecule has 0 radical (unpaired) electrons. The standard InChI is InChI=1S/C11H22N2O5S/c1-10(2,8(14)15)6-12-9(16)13-7-11(3,4)19(5,17)18/h6-7H2,1-5H3,(H,14,15)(H2,12,13,16). The molecule has 112 valence electrons. The van der Waals surface area contributed by atoms with Crippen LogP contribution in [-0.4, -0.2) is 49.6 Å². The summed E-state index contributed by atoms with van der Waals surface area (Å²) in [6.07, 6.45) is 1.10. The summed E-state index contributed by atoms with van der Waals surface area (Å²) in [5, 5.41) is 13.7. The molecule has 7 nitrogen and oxygen atoms in total. The summed E-state index contributed by atoms with van der Waals surface area (Å²) >= 11 is 0. The second kappa shape index (κ2) is 5.77. The van der Waals surface area contributed by atoms with Gasteiger partial charge in [-0.3, -0.25) is 4.79 Å². The van der Waals surface area contributed by atoms with E-state index in [9.17, 15) is 18.0 Å². The van der Waals surface area contributed by atoms with Crippen molar-refractivity contribution in [2.45, 2.75) is 32.4 Å². The fourth-order valence-electron chi connectivity index (χ4n) is 0.864. The molecule has 3 N–H and O–H groups in total. The third kappa shape index (κ3) is 5.46. The van der Waals surface area contributed by atoms with Crippen LogP contribution in [0.3, 0.4) is 0 Å². The van der Waals surface area contributed by atoms with Gasteiger partial charge in [-0.15, -0.1) is 0 Å². The van der Waals surface area contributed by atoms with Gasteiger partial charge in [0.25, 0.3) is 0 Å². The normalized spacial score (nSPS) is 12.9. The van der Waals surface area contributed by atoms with E-state index in [1.54, 1.807) is 0 Å². The summed E-state index contributed by atoms with van der Waals surface area (Å²) in [6.45, 7) is 5.87. The molecule has 0 aliphatic heterocycles. The number of carbonyl (C=O) groups is 2. The van der Waals surface area contributed by atoms with Crippen LogP contribution >= 0.6 is 0 Å². The average Bonchev–Trinajstić information content (AvgIpc) is 2.22. The lowest BCUT2D eigenvalue weighted by Gasteiger charge is -2.24. The van der Waals surface area contributed by atoms with Crippen LogP contribution in [0.1, 0.15) is 27.7 Å². The van der Waals surface area contributed by atoms with Gasteiger partial charge in [-0.1, -0.05) is 0 Å². The predicted octanol–water partition coefficient (Wildman–Crippen LogP) is 0.220. The highest BCUT2D eigenvalue weighted by atomic mass is 32.2. The molecule has 8 heteroatoms. The van der Waals surface area contributed by atoms with Gasteiger partial charge in [-0.05, 0) is 27.7 Å². The maximum atomic E-state index is 11.5. The first-order valence-electron chi connectivity index (χ1n) is 5.74. The highest BCUT2D eigenvalue weighted by molar-refractivity contribution is 7.92. The van der Waals surface area contributed by atoms with Crippen LogP contribution in [0.25, 0.3) is 0 Å². The van der Waals surface area contributed by atoms with E-state index in [1.807, 2.05) is 0 Å². The Kier molecular flexibility index (Phi) is 5.37. The molecule has 0 bridgehead atoms. The van der Waals surface area contributed by atoms with E-state index in [-0.39, 0.29) is 13.1 Å². The van der Waals surface area contributed by atoms with Gasteiger partial charge in [-0.25, -0.2) is 13.2 Å². The van der Waals surface area contributed by atoms with Gasteiger partial charge in [0.05, 0.1) is 10.2 Å². The number of carboxylic acid groups (broad SMARTS) is 1. The van der Waals surface area contributed by atoms with E-state index in [1.165, 1.54) is 27.7 Å². The number of carbonyl (C=O) groups excluding carboxylic acids is 1. The van der Waals surface area contributed by atoms with E-state index >= 15 is 0 Å². The third-order valence-corrected chi connectivity index (χ3v) is 5.10. The topological polar surface area (TPSA) is 113 Å². The Bertz CT molecular complexity index is 454. The molecule has 0 aliphatic carbocycles. The second-order valence-corrected chi connectivity index (χ2v) is 8.41. The number of nitrogens with one attached hydrogen (secondary N) is 2. The van der Waals surface area contributed by atoms with Crippen LogP contribution < -0.4 is 10.6 Å². The average molecular weight is 294 g/mol. The lowest BCUT2D eigenvalue weighted by atomic mass is 9.94. The Morgan fingerprint density at radius 3 is 1.84 bits per heavy atom. The Balaban J connectivity index is 4.34. The first-order valence-corrected chi connectivity index (χ1v) is 7.63. The second-order valence-electron chi connectivity index (χ2n) is 5.76. The number of amides is 2. The van der Waals surface area contributed by atoms with Crippen molar-refractivity contribution in [3.63, 3.8) is 0 Å². The van der Waals surface area contributed by atoms with Crippen molar-refractivity contribution in [2.24, 2.45) is 5.41 Å². The Morgan fingerprint density at radius 1 is 1.05 bits per heavy atom. The minimum Gasteiger partial charge on any atom is -0.481 e. The highest BCUT2D eigenvalue weighted by Crippen LogP contribution is 2.14. The van der Waals surface area contributed by atoms with Crippen molar-refractivity contribution in [3.05, 3.63) is 0 Å². The summed E-state index contributed by atoms with van der Waals surface area (Å²) in [5.41, 5.74) is -1.08. The Hall–Kier alpha value is -1.31. The molecular weight excluding hydrogens is 272 g/mol. The van der Waals surface area contributed by atoms with Crippen molar-refractivity contribution < 1.29 is 23.1 Å².